The molecule has 0 radical (unpaired) electrons. The van der Waals surface area contributed by atoms with E-state index in [0.717, 1.165) is 6.42 Å². The summed E-state index contributed by atoms with van der Waals surface area (Å²) in [5.74, 6) is 0. The molecule has 0 saturated heterocycles. The minimum atomic E-state index is 1.07. The average Bonchev–Trinajstić information content (AvgIpc) is 2.22. The van der Waals surface area contributed by atoms with Crippen molar-refractivity contribution in [1.29, 1.82) is 0 Å². The van der Waals surface area contributed by atoms with Gasteiger partial charge in [0.25, 0.3) is 0 Å². The van der Waals surface area contributed by atoms with Crippen LogP contribution in [-0.4, -0.2) is 19.0 Å². The Hall–Kier alpha value is -0.720. The summed E-state index contributed by atoms with van der Waals surface area (Å²) in [4.78, 5) is 2.13. The second-order valence-electron chi connectivity index (χ2n) is 3.80. The quantitative estimate of drug-likeness (QED) is 0.595. The first-order chi connectivity index (χ1) is 7.42. The molecular weight excluding hydrogens is 194 g/mol. The van der Waals surface area contributed by atoms with Crippen molar-refractivity contribution in [3.05, 3.63) is 23.4 Å². The molecule has 0 aliphatic heterocycles. The second-order valence-corrected chi connectivity index (χ2v) is 3.80. The molecule has 0 spiro atoms. The van der Waals surface area contributed by atoms with Gasteiger partial charge < -0.3 is 4.90 Å². The van der Waals surface area contributed by atoms with Gasteiger partial charge in [-0.25, -0.2) is 0 Å². The first-order valence-electron chi connectivity index (χ1n) is 6.45. The highest BCUT2D eigenvalue weighted by Gasteiger charge is 2.01. The van der Waals surface area contributed by atoms with Crippen LogP contribution in [0.5, 0.6) is 0 Å². The van der Waals surface area contributed by atoms with Gasteiger partial charge in [0.05, 0.1) is 0 Å². The molecule has 1 heteroatoms. The molecule has 0 fully saturated rings. The van der Waals surface area contributed by atoms with Crippen molar-refractivity contribution in [2.24, 2.45) is 0 Å². The molecule has 0 rings (SSSR count). The van der Waals surface area contributed by atoms with Gasteiger partial charge in [-0.05, 0) is 25.8 Å². The van der Waals surface area contributed by atoms with Gasteiger partial charge >= 0.3 is 0 Å². The number of rotatable bonds is 3. The largest absolute Gasteiger partial charge is 0.381 e. The van der Waals surface area contributed by atoms with Crippen molar-refractivity contribution in [3.8, 4) is 0 Å². The summed E-state index contributed by atoms with van der Waals surface area (Å²) in [6, 6.07) is 0. The fourth-order valence-corrected chi connectivity index (χ4v) is 1.14. The molecule has 0 N–H and O–H groups in total. The summed E-state index contributed by atoms with van der Waals surface area (Å²) in [6.07, 6.45) is 2.32. The zero-order valence-electron chi connectivity index (χ0n) is 13.1. The topological polar surface area (TPSA) is 3.24 Å². The first kappa shape index (κ1) is 20.7. The number of hydrogen-bond donors (Lipinski definition) is 0. The zero-order chi connectivity index (χ0) is 13.7. The molecule has 98 valence electrons. The van der Waals surface area contributed by atoms with E-state index in [0.29, 0.717) is 0 Å². The first-order valence-corrected chi connectivity index (χ1v) is 6.45. The lowest BCUT2D eigenvalue weighted by Crippen LogP contribution is -2.11. The summed E-state index contributed by atoms with van der Waals surface area (Å²) in [7, 11) is 4.13. The second kappa shape index (κ2) is 14.3. The molecule has 0 atom stereocenters. The molecule has 0 aliphatic carbocycles. The smallest absolute Gasteiger partial charge is 0.0131 e. The normalized spacial score (nSPS) is 10.1. The molecule has 0 unspecified atom stereocenters. The van der Waals surface area contributed by atoms with Crippen LogP contribution in [0.2, 0.25) is 0 Å². The average molecular weight is 227 g/mol. The SMILES string of the molecule is C=C(C)/C(CC)=C(/C)N(C)C.CC.CCC. The zero-order valence-corrected chi connectivity index (χ0v) is 13.1. The Bertz CT molecular complexity index is 188. The molecular formula is C15H33N. The summed E-state index contributed by atoms with van der Waals surface area (Å²) in [6.45, 7) is 18.6. The van der Waals surface area contributed by atoms with E-state index in [1.807, 2.05) is 13.8 Å². The fraction of sp³-hybridized carbons (Fsp3) is 0.733. The molecule has 0 heterocycles. The van der Waals surface area contributed by atoms with Gasteiger partial charge in [-0.2, -0.15) is 0 Å². The lowest BCUT2D eigenvalue weighted by Gasteiger charge is -2.18. The number of allylic oxidation sites excluding steroid dienone is 3. The van der Waals surface area contributed by atoms with Crippen LogP contribution in [0.4, 0.5) is 0 Å². The maximum Gasteiger partial charge on any atom is 0.0131 e. The van der Waals surface area contributed by atoms with E-state index in [-0.39, 0.29) is 0 Å². The van der Waals surface area contributed by atoms with Crippen molar-refractivity contribution in [2.45, 2.75) is 61.3 Å². The molecule has 0 saturated carbocycles. The lowest BCUT2D eigenvalue weighted by atomic mass is 10.0. The van der Waals surface area contributed by atoms with Gasteiger partial charge in [0.15, 0.2) is 0 Å². The maximum atomic E-state index is 3.95. The minimum Gasteiger partial charge on any atom is -0.381 e. The van der Waals surface area contributed by atoms with Crippen molar-refractivity contribution >= 4 is 0 Å². The van der Waals surface area contributed by atoms with E-state index in [1.54, 1.807) is 0 Å². The van der Waals surface area contributed by atoms with Crippen LogP contribution >= 0.6 is 0 Å². The molecule has 1 nitrogen and oxygen atoms in total. The van der Waals surface area contributed by atoms with Crippen LogP contribution in [0.3, 0.4) is 0 Å². The van der Waals surface area contributed by atoms with Crippen molar-refractivity contribution < 1.29 is 0 Å². The Balaban J connectivity index is -0.000000289. The van der Waals surface area contributed by atoms with E-state index in [2.05, 4.69) is 60.2 Å². The third-order valence-electron chi connectivity index (χ3n) is 1.98. The lowest BCUT2D eigenvalue weighted by molar-refractivity contribution is 0.505. The van der Waals surface area contributed by atoms with Gasteiger partial charge in [-0.1, -0.05) is 53.2 Å². The van der Waals surface area contributed by atoms with Crippen molar-refractivity contribution in [2.75, 3.05) is 14.1 Å². The Morgan fingerprint density at radius 3 is 1.38 bits per heavy atom. The van der Waals surface area contributed by atoms with Crippen molar-refractivity contribution in [1.82, 2.24) is 4.90 Å². The molecule has 0 bridgehead atoms. The minimum absolute atomic E-state index is 1.07. The molecule has 0 aromatic rings. The Morgan fingerprint density at radius 2 is 1.31 bits per heavy atom. The molecule has 0 aliphatic rings. The maximum absolute atomic E-state index is 3.95. The molecule has 16 heavy (non-hydrogen) atoms. The summed E-state index contributed by atoms with van der Waals surface area (Å²) in [5.41, 5.74) is 3.87. The van der Waals surface area contributed by atoms with E-state index in [1.165, 1.54) is 23.3 Å². The van der Waals surface area contributed by atoms with Crippen LogP contribution < -0.4 is 0 Å². The molecule has 0 amide bonds. The third-order valence-corrected chi connectivity index (χ3v) is 1.98. The predicted molar refractivity (Wildman–Crippen MR) is 78.8 cm³/mol. The van der Waals surface area contributed by atoms with Crippen LogP contribution in [0.15, 0.2) is 23.4 Å². The predicted octanol–water partition coefficient (Wildman–Crippen LogP) is 5.25. The van der Waals surface area contributed by atoms with Crippen LogP contribution in [-0.2, 0) is 0 Å². The van der Waals surface area contributed by atoms with Gasteiger partial charge in [-0.15, -0.1) is 0 Å². The Kier molecular flexibility index (Phi) is 18.4. The van der Waals surface area contributed by atoms with Crippen LogP contribution in [0.1, 0.15) is 61.3 Å². The number of hydrogen-bond acceptors (Lipinski definition) is 1. The molecule has 0 aromatic heterocycles. The molecule has 0 aromatic carbocycles. The van der Waals surface area contributed by atoms with E-state index in [9.17, 15) is 0 Å². The fourth-order valence-electron chi connectivity index (χ4n) is 1.14. The summed E-state index contributed by atoms with van der Waals surface area (Å²) < 4.78 is 0. The van der Waals surface area contributed by atoms with E-state index in [4.69, 9.17) is 0 Å². The van der Waals surface area contributed by atoms with Gasteiger partial charge in [0.2, 0.25) is 0 Å². The van der Waals surface area contributed by atoms with Crippen LogP contribution in [0.25, 0.3) is 0 Å². The summed E-state index contributed by atoms with van der Waals surface area (Å²) in [5, 5.41) is 0. The van der Waals surface area contributed by atoms with Crippen LogP contribution in [0, 0.1) is 0 Å². The van der Waals surface area contributed by atoms with Crippen molar-refractivity contribution in [3.63, 3.8) is 0 Å². The van der Waals surface area contributed by atoms with E-state index < -0.39 is 0 Å². The Morgan fingerprint density at radius 1 is 1.00 bits per heavy atom. The highest BCUT2D eigenvalue weighted by molar-refractivity contribution is 5.29. The summed E-state index contributed by atoms with van der Waals surface area (Å²) >= 11 is 0. The van der Waals surface area contributed by atoms with Gasteiger partial charge in [-0.3, -0.25) is 0 Å². The highest BCUT2D eigenvalue weighted by atomic mass is 15.1. The highest BCUT2D eigenvalue weighted by Crippen LogP contribution is 2.17. The van der Waals surface area contributed by atoms with Gasteiger partial charge in [0, 0.05) is 19.8 Å². The standard InChI is InChI=1S/C10H19N.C3H8.C2H6/c1-7-10(8(2)3)9(4)11(5)6;1-3-2;1-2/h2,7H2,1,3-6H3;3H2,1-2H3;1-2H3/b10-9-;;. The Labute approximate surface area is 104 Å². The van der Waals surface area contributed by atoms with Gasteiger partial charge in [0.1, 0.15) is 0 Å². The third kappa shape index (κ3) is 11.4. The monoisotopic (exact) mass is 227 g/mol. The number of nitrogens with zero attached hydrogens (tertiary/aromatic N) is 1. The van der Waals surface area contributed by atoms with E-state index >= 15 is 0 Å².